The molecule has 2 N–H and O–H groups in total. The second kappa shape index (κ2) is 7.12. The van der Waals surface area contributed by atoms with Gasteiger partial charge in [0.05, 0.1) is 5.41 Å². The molecule has 0 aliphatic heterocycles. The zero-order valence-corrected chi connectivity index (χ0v) is 13.3. The van der Waals surface area contributed by atoms with Gasteiger partial charge in [-0.05, 0) is 31.5 Å². The van der Waals surface area contributed by atoms with Gasteiger partial charge in [-0.3, -0.25) is 4.79 Å². The standard InChI is InChI=1S/C13H19BrN2O.ClH/c1-13(2,9-15)12(17)16(3)8-10-4-6-11(14)7-5-10;/h4-7H,8-9,15H2,1-3H3;1H. The first-order chi connectivity index (χ1) is 7.86. The fourth-order valence-corrected chi connectivity index (χ4v) is 1.80. The molecule has 102 valence electrons. The van der Waals surface area contributed by atoms with Gasteiger partial charge in [0, 0.05) is 24.6 Å². The SMILES string of the molecule is CN(Cc1ccc(Br)cc1)C(=O)C(C)(C)CN.Cl. The third kappa shape index (κ3) is 4.59. The highest BCUT2D eigenvalue weighted by Crippen LogP contribution is 2.18. The van der Waals surface area contributed by atoms with Crippen LogP contribution in [0.1, 0.15) is 19.4 Å². The van der Waals surface area contributed by atoms with Crippen molar-refractivity contribution in [3.05, 3.63) is 34.3 Å². The number of rotatable bonds is 4. The summed E-state index contributed by atoms with van der Waals surface area (Å²) in [6.45, 7) is 4.70. The molecule has 0 aliphatic carbocycles. The van der Waals surface area contributed by atoms with E-state index in [0.717, 1.165) is 10.0 Å². The van der Waals surface area contributed by atoms with Gasteiger partial charge in [0.1, 0.15) is 0 Å². The second-order valence-electron chi connectivity index (χ2n) is 4.88. The number of halogens is 2. The summed E-state index contributed by atoms with van der Waals surface area (Å²) in [5.41, 5.74) is 6.22. The summed E-state index contributed by atoms with van der Waals surface area (Å²) in [7, 11) is 1.81. The van der Waals surface area contributed by atoms with Crippen molar-refractivity contribution in [2.45, 2.75) is 20.4 Å². The van der Waals surface area contributed by atoms with Crippen molar-refractivity contribution in [2.24, 2.45) is 11.1 Å². The van der Waals surface area contributed by atoms with Crippen LogP contribution in [0.25, 0.3) is 0 Å². The summed E-state index contributed by atoms with van der Waals surface area (Å²) in [6.07, 6.45) is 0. The number of nitrogens with two attached hydrogens (primary N) is 1. The average Bonchev–Trinajstić information content (AvgIpc) is 2.31. The first-order valence-electron chi connectivity index (χ1n) is 5.57. The smallest absolute Gasteiger partial charge is 0.229 e. The van der Waals surface area contributed by atoms with E-state index >= 15 is 0 Å². The van der Waals surface area contributed by atoms with Crippen LogP contribution in [0.3, 0.4) is 0 Å². The number of nitrogens with zero attached hydrogens (tertiary/aromatic N) is 1. The Morgan fingerprint density at radius 3 is 2.28 bits per heavy atom. The molecule has 0 aliphatic rings. The molecule has 1 amide bonds. The van der Waals surface area contributed by atoms with Crippen molar-refractivity contribution in [3.63, 3.8) is 0 Å². The van der Waals surface area contributed by atoms with Crippen LogP contribution in [0, 0.1) is 5.41 Å². The molecule has 0 spiro atoms. The summed E-state index contributed by atoms with van der Waals surface area (Å²) >= 11 is 3.39. The lowest BCUT2D eigenvalue weighted by Crippen LogP contribution is -2.42. The highest BCUT2D eigenvalue weighted by Gasteiger charge is 2.28. The van der Waals surface area contributed by atoms with Gasteiger partial charge >= 0.3 is 0 Å². The second-order valence-corrected chi connectivity index (χ2v) is 5.79. The van der Waals surface area contributed by atoms with E-state index in [9.17, 15) is 4.79 Å². The van der Waals surface area contributed by atoms with Gasteiger partial charge in [-0.2, -0.15) is 0 Å². The van der Waals surface area contributed by atoms with Crippen molar-refractivity contribution >= 4 is 34.2 Å². The topological polar surface area (TPSA) is 46.3 Å². The summed E-state index contributed by atoms with van der Waals surface area (Å²) in [5.74, 6) is 0.0721. The lowest BCUT2D eigenvalue weighted by atomic mass is 9.92. The number of amides is 1. The summed E-state index contributed by atoms with van der Waals surface area (Å²) < 4.78 is 1.04. The van der Waals surface area contributed by atoms with Crippen molar-refractivity contribution < 1.29 is 4.79 Å². The van der Waals surface area contributed by atoms with Crippen molar-refractivity contribution in [1.29, 1.82) is 0 Å². The molecule has 3 nitrogen and oxygen atoms in total. The Hall–Kier alpha value is -0.580. The highest BCUT2D eigenvalue weighted by molar-refractivity contribution is 9.10. The Kier molecular flexibility index (Phi) is 6.89. The first kappa shape index (κ1) is 17.4. The van der Waals surface area contributed by atoms with E-state index in [1.54, 1.807) is 4.90 Å². The average molecular weight is 336 g/mol. The van der Waals surface area contributed by atoms with E-state index < -0.39 is 5.41 Å². The van der Waals surface area contributed by atoms with Crippen LogP contribution in [0.5, 0.6) is 0 Å². The van der Waals surface area contributed by atoms with E-state index in [2.05, 4.69) is 15.9 Å². The van der Waals surface area contributed by atoms with Gasteiger partial charge in [-0.25, -0.2) is 0 Å². The zero-order chi connectivity index (χ0) is 13.1. The quantitative estimate of drug-likeness (QED) is 0.919. The van der Waals surface area contributed by atoms with Crippen LogP contribution in [-0.4, -0.2) is 24.4 Å². The molecule has 0 saturated heterocycles. The largest absolute Gasteiger partial charge is 0.341 e. The van der Waals surface area contributed by atoms with Gasteiger partial charge < -0.3 is 10.6 Å². The molecule has 1 rings (SSSR count). The van der Waals surface area contributed by atoms with Crippen molar-refractivity contribution in [3.8, 4) is 0 Å². The molecule has 0 fully saturated rings. The normalized spacial score (nSPS) is 10.7. The molecule has 18 heavy (non-hydrogen) atoms. The fraction of sp³-hybridized carbons (Fsp3) is 0.462. The number of hydrogen-bond donors (Lipinski definition) is 1. The van der Waals surface area contributed by atoms with E-state index in [4.69, 9.17) is 5.73 Å². The van der Waals surface area contributed by atoms with E-state index in [1.807, 2.05) is 45.2 Å². The molecule has 0 aromatic heterocycles. The minimum Gasteiger partial charge on any atom is -0.341 e. The lowest BCUT2D eigenvalue weighted by Gasteiger charge is -2.28. The highest BCUT2D eigenvalue weighted by atomic mass is 79.9. The predicted octanol–water partition coefficient (Wildman–Crippen LogP) is 2.81. The van der Waals surface area contributed by atoms with Crippen LogP contribution in [-0.2, 0) is 11.3 Å². The van der Waals surface area contributed by atoms with E-state index in [1.165, 1.54) is 0 Å². The van der Waals surface area contributed by atoms with Gasteiger partial charge in [-0.15, -0.1) is 12.4 Å². The Morgan fingerprint density at radius 1 is 1.33 bits per heavy atom. The molecule has 0 heterocycles. The van der Waals surface area contributed by atoms with Crippen molar-refractivity contribution in [2.75, 3.05) is 13.6 Å². The molecular weight excluding hydrogens is 316 g/mol. The molecule has 0 bridgehead atoms. The first-order valence-corrected chi connectivity index (χ1v) is 6.36. The third-order valence-corrected chi connectivity index (χ3v) is 3.30. The predicted molar refractivity (Wildman–Crippen MR) is 80.7 cm³/mol. The Labute approximate surface area is 123 Å². The number of hydrogen-bond acceptors (Lipinski definition) is 2. The third-order valence-electron chi connectivity index (χ3n) is 2.77. The zero-order valence-electron chi connectivity index (χ0n) is 10.9. The number of carbonyl (C=O) groups excluding carboxylic acids is 1. The molecule has 0 saturated carbocycles. The van der Waals surface area contributed by atoms with Crippen LogP contribution in [0.15, 0.2) is 28.7 Å². The van der Waals surface area contributed by atoms with Gasteiger partial charge in [0.2, 0.25) is 5.91 Å². The molecule has 1 aromatic carbocycles. The maximum atomic E-state index is 12.1. The van der Waals surface area contributed by atoms with Gasteiger partial charge in [0.25, 0.3) is 0 Å². The number of benzene rings is 1. The molecule has 1 aromatic rings. The van der Waals surface area contributed by atoms with Gasteiger partial charge in [0.15, 0.2) is 0 Å². The van der Waals surface area contributed by atoms with Gasteiger partial charge in [-0.1, -0.05) is 28.1 Å². The minimum atomic E-state index is -0.496. The monoisotopic (exact) mass is 334 g/mol. The summed E-state index contributed by atoms with van der Waals surface area (Å²) in [4.78, 5) is 13.8. The Balaban J connectivity index is 0.00000289. The maximum absolute atomic E-state index is 12.1. The Bertz CT molecular complexity index is 392. The summed E-state index contributed by atoms with van der Waals surface area (Å²) in [6, 6.07) is 7.95. The lowest BCUT2D eigenvalue weighted by molar-refractivity contribution is -0.139. The molecule has 0 atom stereocenters. The van der Waals surface area contributed by atoms with Crippen LogP contribution < -0.4 is 5.73 Å². The minimum absolute atomic E-state index is 0. The van der Waals surface area contributed by atoms with Crippen molar-refractivity contribution in [1.82, 2.24) is 4.90 Å². The van der Waals surface area contributed by atoms with Crippen LogP contribution >= 0.6 is 28.3 Å². The Morgan fingerprint density at radius 2 is 1.83 bits per heavy atom. The van der Waals surface area contributed by atoms with Crippen LogP contribution in [0.4, 0.5) is 0 Å². The molecule has 5 heteroatoms. The van der Waals surface area contributed by atoms with E-state index in [0.29, 0.717) is 13.1 Å². The number of carbonyl (C=O) groups is 1. The van der Waals surface area contributed by atoms with E-state index in [-0.39, 0.29) is 18.3 Å². The van der Waals surface area contributed by atoms with Crippen LogP contribution in [0.2, 0.25) is 0 Å². The molecule has 0 unspecified atom stereocenters. The molecular formula is C13H20BrClN2O. The summed E-state index contributed by atoms with van der Waals surface area (Å²) in [5, 5.41) is 0. The molecule has 0 radical (unpaired) electrons. The fourth-order valence-electron chi connectivity index (χ4n) is 1.54. The maximum Gasteiger partial charge on any atom is 0.229 e.